The zero-order valence-corrected chi connectivity index (χ0v) is 52.2. The van der Waals surface area contributed by atoms with E-state index in [1.165, 1.54) is 51.6 Å². The predicted octanol–water partition coefficient (Wildman–Crippen LogP) is 9.21. The van der Waals surface area contributed by atoms with Gasteiger partial charge in [0.15, 0.2) is 21.6 Å². The van der Waals surface area contributed by atoms with E-state index in [4.69, 9.17) is 52.3 Å². The zero-order valence-electron chi connectivity index (χ0n) is 48.1. The van der Waals surface area contributed by atoms with Gasteiger partial charge in [-0.1, -0.05) is 63.6 Å². The second-order valence-corrected chi connectivity index (χ2v) is 26.6. The number of carbonyl (C=O) groups excluding carboxylic acids is 4. The number of rotatable bonds is 14. The predicted molar refractivity (Wildman–Crippen MR) is 330 cm³/mol. The first kappa shape index (κ1) is 67.4. The minimum absolute atomic E-state index is 0.00477. The van der Waals surface area contributed by atoms with Crippen LogP contribution in [0.1, 0.15) is 71.6 Å². The number of sulfonamides is 3. The molecule has 2 saturated heterocycles. The number of hydrogen-bond acceptors (Lipinski definition) is 12. The van der Waals surface area contributed by atoms with Crippen LogP contribution in [0.3, 0.4) is 0 Å². The maximum atomic E-state index is 13.3. The topological polar surface area (TPSA) is 250 Å². The van der Waals surface area contributed by atoms with E-state index in [-0.39, 0.29) is 48.3 Å². The van der Waals surface area contributed by atoms with Gasteiger partial charge in [0.1, 0.15) is 23.8 Å². The molecule has 0 saturated carbocycles. The summed E-state index contributed by atoms with van der Waals surface area (Å²) in [6, 6.07) is 29.4. The number of carbonyl (C=O) groups is 2. The standard InChI is InChI=1S/C22H23N5O3S2.C19H18N4O3S2.C15H24N2O2S.CO2/c1-15-12-16(10-11-19(15)23-4)26-20(28)22(2,3)27(21(26)31)17-8-7-9-18(13-17)32(29,30)24-14-25(5)6;1-12-10-13(8-9-16(12)21-4)22-17(24)19(2,3)23(18(22)27)14-6-5-7-15(11-14)28(20,25)26;1-6-15(2,3)11-13-8-7-9-14(10-13)20(18,19)16-12-17(4)5;2-1-3/h7-14H,1-3,5-6H3;5-11H,1-3H3,(H2,20,25,26);7-10,12H,6,11H2,1-5H3;. The first-order valence-corrected chi connectivity index (χ1v) is 30.3. The van der Waals surface area contributed by atoms with Crippen LogP contribution in [0.5, 0.6) is 0 Å². The van der Waals surface area contributed by atoms with Crippen molar-refractivity contribution in [3.8, 4) is 0 Å². The number of thiocarbonyl (C=S) groups is 2. The highest BCUT2D eigenvalue weighted by atomic mass is 32.2. The molecule has 2 aliphatic rings. The molecule has 5 aromatic carbocycles. The highest BCUT2D eigenvalue weighted by Gasteiger charge is 2.51. The van der Waals surface area contributed by atoms with Gasteiger partial charge in [-0.25, -0.2) is 23.2 Å². The smallest absolute Gasteiger partial charge is 0.368 e. The van der Waals surface area contributed by atoms with Crippen LogP contribution >= 0.6 is 24.4 Å². The molecule has 26 heteroatoms. The third kappa shape index (κ3) is 16.1. The number of amides is 2. The van der Waals surface area contributed by atoms with Gasteiger partial charge in [-0.2, -0.15) is 26.4 Å². The van der Waals surface area contributed by atoms with Gasteiger partial charge in [0.25, 0.3) is 31.9 Å². The number of aryl methyl sites for hydroxylation is 2. The molecule has 0 atom stereocenters. The number of anilines is 4. The number of hydrogen-bond donors (Lipinski definition) is 1. The molecule has 2 N–H and O–H groups in total. The van der Waals surface area contributed by atoms with Crippen molar-refractivity contribution in [3.05, 3.63) is 149 Å². The average Bonchev–Trinajstić information content (AvgIpc) is 2.76. The lowest BCUT2D eigenvalue weighted by Gasteiger charge is -2.29. The van der Waals surface area contributed by atoms with Gasteiger partial charge in [-0.05, 0) is 167 Å². The van der Waals surface area contributed by atoms with Gasteiger partial charge in [-0.15, -0.1) is 8.80 Å². The van der Waals surface area contributed by atoms with Crippen molar-refractivity contribution >= 4 is 129 Å². The first-order valence-electron chi connectivity index (χ1n) is 25.0. The Bertz CT molecular complexity index is 3860. The molecule has 21 nitrogen and oxygen atoms in total. The van der Waals surface area contributed by atoms with Crippen LogP contribution < -0.4 is 24.7 Å². The van der Waals surface area contributed by atoms with Crippen molar-refractivity contribution in [1.29, 1.82) is 0 Å². The first-order chi connectivity index (χ1) is 38.5. The lowest BCUT2D eigenvalue weighted by molar-refractivity contribution is -0.191. The van der Waals surface area contributed by atoms with E-state index in [0.717, 1.165) is 29.5 Å². The van der Waals surface area contributed by atoms with Crippen LogP contribution in [0.2, 0.25) is 0 Å². The molecule has 0 bridgehead atoms. The van der Waals surface area contributed by atoms with Crippen molar-refractivity contribution in [2.75, 3.05) is 47.8 Å². The quantitative estimate of drug-likeness (QED) is 0.0471. The summed E-state index contributed by atoms with van der Waals surface area (Å²) in [5.74, 6) is -0.509. The molecule has 0 unspecified atom stereocenters. The fraction of sp³-hybridized carbons (Fsp3) is 0.316. The maximum absolute atomic E-state index is 13.3. The largest absolute Gasteiger partial charge is 0.373 e. The van der Waals surface area contributed by atoms with Gasteiger partial charge >= 0.3 is 6.15 Å². The molecule has 5 aromatic rings. The molecule has 438 valence electrons. The molecule has 2 fully saturated rings. The summed E-state index contributed by atoms with van der Waals surface area (Å²) in [7, 11) is -4.62. The fourth-order valence-corrected chi connectivity index (χ4v) is 11.8. The Balaban J connectivity index is 0.000000267. The SMILES string of the molecule is CCC(C)(C)Cc1cccc(S(=O)(=O)N=CN(C)C)c1.O=C=O.[C-]#[N+]c1ccc(N2C(=O)C(C)(C)N(c3cccc(S(=O)(=O)N=CN(C)C)c3)C2=S)cc1C.[C-]#[N+]c1ccc(N2C(=O)C(C)(C)N(c3cccc(S(N)(=O)=O)c3)C2=S)cc1C. The molecule has 83 heavy (non-hydrogen) atoms. The van der Waals surface area contributed by atoms with E-state index in [2.05, 4.69) is 39.3 Å². The second kappa shape index (κ2) is 26.9. The van der Waals surface area contributed by atoms with Gasteiger partial charge in [0.05, 0.1) is 27.8 Å². The second-order valence-electron chi connectivity index (χ2n) is 21.1. The molecule has 2 aliphatic heterocycles. The third-order valence-electron chi connectivity index (χ3n) is 12.9. The molecule has 0 aromatic heterocycles. The molecular weight excluding hydrogens is 1160 g/mol. The zero-order chi connectivity index (χ0) is 62.8. The fourth-order valence-electron chi connectivity index (χ4n) is 8.23. The van der Waals surface area contributed by atoms with E-state index in [1.54, 1.807) is 163 Å². The average molecular weight is 1220 g/mol. The van der Waals surface area contributed by atoms with Crippen molar-refractivity contribution in [1.82, 2.24) is 9.80 Å². The van der Waals surface area contributed by atoms with Crippen LogP contribution in [0.25, 0.3) is 9.69 Å². The Morgan fingerprint density at radius 2 is 0.976 bits per heavy atom. The number of nitrogens with zero attached hydrogens (tertiary/aromatic N) is 10. The highest BCUT2D eigenvalue weighted by Crippen LogP contribution is 2.40. The molecule has 0 aliphatic carbocycles. The molecule has 0 spiro atoms. The third-order valence-corrected chi connectivity index (χ3v) is 17.0. The van der Waals surface area contributed by atoms with Gasteiger partial charge in [-0.3, -0.25) is 19.4 Å². The van der Waals surface area contributed by atoms with Crippen LogP contribution in [0.4, 0.5) is 34.1 Å². The van der Waals surface area contributed by atoms with Crippen molar-refractivity contribution in [3.63, 3.8) is 0 Å². The van der Waals surface area contributed by atoms with E-state index in [0.29, 0.717) is 34.1 Å². The summed E-state index contributed by atoms with van der Waals surface area (Å²) in [5.41, 5.74) is 3.58. The number of primary sulfonamides is 1. The lowest BCUT2D eigenvalue weighted by Crippen LogP contribution is -2.44. The molecule has 0 radical (unpaired) electrons. The van der Waals surface area contributed by atoms with Crippen LogP contribution in [0, 0.1) is 32.4 Å². The maximum Gasteiger partial charge on any atom is 0.373 e. The molecule has 2 heterocycles. The molecule has 2 amide bonds. The summed E-state index contributed by atoms with van der Waals surface area (Å²) >= 11 is 11.2. The van der Waals surface area contributed by atoms with Crippen molar-refractivity contribution in [2.45, 2.75) is 101 Å². The Morgan fingerprint density at radius 3 is 1.33 bits per heavy atom. The Morgan fingerprint density at radius 1 is 0.614 bits per heavy atom. The summed E-state index contributed by atoms with van der Waals surface area (Å²) in [5, 5.41) is 5.68. The Labute approximate surface area is 497 Å². The minimum Gasteiger partial charge on any atom is -0.368 e. The van der Waals surface area contributed by atoms with E-state index in [1.807, 2.05) is 6.07 Å². The van der Waals surface area contributed by atoms with Crippen molar-refractivity contribution < 1.29 is 44.4 Å². The minimum atomic E-state index is -3.92. The lowest BCUT2D eigenvalue weighted by atomic mass is 9.83. The molecular formula is C57H65N11O10S5. The van der Waals surface area contributed by atoms with Crippen LogP contribution in [-0.4, -0.2) is 115 Å². The number of nitrogens with two attached hydrogens (primary N) is 1. The van der Waals surface area contributed by atoms with E-state index in [9.17, 15) is 34.8 Å². The summed E-state index contributed by atoms with van der Waals surface area (Å²) < 4.78 is 80.2. The Kier molecular flexibility index (Phi) is 21.8. The van der Waals surface area contributed by atoms with Gasteiger partial charge in [0.2, 0.25) is 10.0 Å². The number of benzene rings is 5. The summed E-state index contributed by atoms with van der Waals surface area (Å²) in [4.78, 5) is 59.0. The van der Waals surface area contributed by atoms with Crippen LogP contribution in [0.15, 0.2) is 133 Å². The Hall–Kier alpha value is -8.07. The van der Waals surface area contributed by atoms with E-state index >= 15 is 0 Å². The summed E-state index contributed by atoms with van der Waals surface area (Å²) in [6.45, 7) is 31.4. The van der Waals surface area contributed by atoms with E-state index < -0.39 is 41.1 Å². The normalized spacial score (nSPS) is 14.9. The monoisotopic (exact) mass is 1220 g/mol. The van der Waals surface area contributed by atoms with Crippen molar-refractivity contribution in [2.24, 2.45) is 19.3 Å². The van der Waals surface area contributed by atoms with Crippen LogP contribution in [-0.2, 0) is 55.7 Å². The molecule has 7 rings (SSSR count). The van der Waals surface area contributed by atoms with Gasteiger partial charge < -0.3 is 19.6 Å². The van der Waals surface area contributed by atoms with Gasteiger partial charge in [0, 0.05) is 50.9 Å². The summed E-state index contributed by atoms with van der Waals surface area (Å²) in [6.07, 6.45) is 4.66. The highest BCUT2D eigenvalue weighted by molar-refractivity contribution is 7.90.